The predicted octanol–water partition coefficient (Wildman–Crippen LogP) is 4.22. The molecule has 3 rings (SSSR count). The molecule has 0 radical (unpaired) electrons. The molecule has 6 heteroatoms. The Kier molecular flexibility index (Phi) is 7.53. The van der Waals surface area contributed by atoms with Crippen LogP contribution in [0.1, 0.15) is 25.8 Å². The second-order valence-corrected chi connectivity index (χ2v) is 7.97. The van der Waals surface area contributed by atoms with E-state index in [1.54, 1.807) is 24.3 Å². The Bertz CT molecular complexity index is 810. The molecule has 0 saturated carbocycles. The molecule has 1 heterocycles. The van der Waals surface area contributed by atoms with E-state index in [2.05, 4.69) is 5.32 Å². The molecule has 0 aliphatic carbocycles. The van der Waals surface area contributed by atoms with Gasteiger partial charge in [-0.3, -0.25) is 4.79 Å². The number of halogens is 1. The van der Waals surface area contributed by atoms with Gasteiger partial charge in [0.2, 0.25) is 0 Å². The van der Waals surface area contributed by atoms with E-state index in [1.807, 2.05) is 49.9 Å². The summed E-state index contributed by atoms with van der Waals surface area (Å²) in [6.45, 7) is 8.29. The molecule has 1 saturated heterocycles. The number of ether oxygens (including phenoxy) is 2. The Morgan fingerprint density at radius 3 is 2.55 bits per heavy atom. The maximum Gasteiger partial charge on any atom is 0.270 e. The summed E-state index contributed by atoms with van der Waals surface area (Å²) in [5.41, 5.74) is 2.00. The summed E-state index contributed by atoms with van der Waals surface area (Å²) in [6, 6.07) is 15.0. The lowest BCUT2D eigenvalue weighted by Gasteiger charge is -2.47. The number of aryl methyl sites for hydroxylation is 1. The monoisotopic (exact) mass is 416 g/mol. The molecular weight excluding hydrogens is 388 g/mol. The summed E-state index contributed by atoms with van der Waals surface area (Å²) < 4.78 is 11.6. The first kappa shape index (κ1) is 21.6. The molecule has 1 aliphatic rings. The summed E-state index contributed by atoms with van der Waals surface area (Å²) in [5, 5.41) is 4.09. The van der Waals surface area contributed by atoms with Gasteiger partial charge in [-0.15, -0.1) is 0 Å². The van der Waals surface area contributed by atoms with E-state index >= 15 is 0 Å². The van der Waals surface area contributed by atoms with Crippen molar-refractivity contribution in [3.05, 3.63) is 59.1 Å². The van der Waals surface area contributed by atoms with Gasteiger partial charge in [0.05, 0.1) is 12.1 Å². The molecule has 1 fully saturated rings. The van der Waals surface area contributed by atoms with Crippen LogP contribution in [0.25, 0.3) is 0 Å². The van der Waals surface area contributed by atoms with Crippen molar-refractivity contribution < 1.29 is 14.3 Å². The van der Waals surface area contributed by atoms with Gasteiger partial charge in [-0.05, 0) is 69.6 Å². The normalized spacial score (nSPS) is 18.8. The molecule has 2 aromatic carbocycles. The lowest BCUT2D eigenvalue weighted by Crippen LogP contribution is -2.70. The number of anilines is 1. The first-order chi connectivity index (χ1) is 14.0. The van der Waals surface area contributed by atoms with Crippen molar-refractivity contribution in [1.82, 2.24) is 5.32 Å². The third kappa shape index (κ3) is 5.50. The smallest absolute Gasteiger partial charge is 0.270 e. The molecular formula is C23H29ClN2O3. The highest BCUT2D eigenvalue weighted by atomic mass is 35.5. The average Bonchev–Trinajstić information content (AvgIpc) is 2.70. The molecule has 1 N–H and O–H groups in total. The number of rotatable bonds is 10. The predicted molar refractivity (Wildman–Crippen MR) is 117 cm³/mol. The highest BCUT2D eigenvalue weighted by molar-refractivity contribution is 6.30. The minimum Gasteiger partial charge on any atom is -0.478 e. The van der Waals surface area contributed by atoms with Crippen molar-refractivity contribution in [1.29, 1.82) is 0 Å². The van der Waals surface area contributed by atoms with Gasteiger partial charge in [0.25, 0.3) is 5.91 Å². The van der Waals surface area contributed by atoms with Crippen LogP contribution in [-0.2, 0) is 9.53 Å². The fourth-order valence-corrected chi connectivity index (χ4v) is 3.53. The highest BCUT2D eigenvalue weighted by Crippen LogP contribution is 2.33. The fourth-order valence-electron chi connectivity index (χ4n) is 3.40. The van der Waals surface area contributed by atoms with Gasteiger partial charge in [-0.1, -0.05) is 29.8 Å². The Hall–Kier alpha value is -2.08. The topological polar surface area (TPSA) is 50.8 Å². The Morgan fingerprint density at radius 2 is 1.86 bits per heavy atom. The number of hydrogen-bond acceptors (Lipinski definition) is 4. The Balaban J connectivity index is 1.65. The summed E-state index contributed by atoms with van der Waals surface area (Å²) in [7, 11) is 0. The SMILES string of the molecule is Cc1ccccc1N1C(=O)[C@@H](Oc2ccc(Cl)cc2)[C@@H]1CNCCCOC(C)C. The summed E-state index contributed by atoms with van der Waals surface area (Å²) >= 11 is 5.95. The highest BCUT2D eigenvalue weighted by Gasteiger charge is 2.50. The van der Waals surface area contributed by atoms with E-state index in [9.17, 15) is 4.79 Å². The molecule has 5 nitrogen and oxygen atoms in total. The van der Waals surface area contributed by atoms with E-state index in [4.69, 9.17) is 21.1 Å². The van der Waals surface area contributed by atoms with E-state index in [-0.39, 0.29) is 18.1 Å². The van der Waals surface area contributed by atoms with Gasteiger partial charge < -0.3 is 19.7 Å². The van der Waals surface area contributed by atoms with Crippen LogP contribution in [0.3, 0.4) is 0 Å². The second-order valence-electron chi connectivity index (χ2n) is 7.53. The zero-order chi connectivity index (χ0) is 20.8. The number of amides is 1. The molecule has 0 spiro atoms. The first-order valence-electron chi connectivity index (χ1n) is 10.1. The van der Waals surface area contributed by atoms with Gasteiger partial charge in [0.15, 0.2) is 6.10 Å². The van der Waals surface area contributed by atoms with Crippen LogP contribution in [0.2, 0.25) is 5.02 Å². The van der Waals surface area contributed by atoms with Gasteiger partial charge >= 0.3 is 0 Å². The second kappa shape index (κ2) is 10.1. The third-order valence-electron chi connectivity index (χ3n) is 4.92. The third-order valence-corrected chi connectivity index (χ3v) is 5.17. The van der Waals surface area contributed by atoms with Gasteiger partial charge in [0.1, 0.15) is 5.75 Å². The molecule has 0 unspecified atom stereocenters. The molecule has 2 aromatic rings. The number of para-hydroxylation sites is 1. The van der Waals surface area contributed by atoms with Crippen LogP contribution < -0.4 is 15.0 Å². The number of carbonyl (C=O) groups is 1. The largest absolute Gasteiger partial charge is 0.478 e. The number of nitrogens with one attached hydrogen (secondary N) is 1. The van der Waals surface area contributed by atoms with Gasteiger partial charge in [-0.25, -0.2) is 0 Å². The van der Waals surface area contributed by atoms with Gasteiger partial charge in [0, 0.05) is 23.9 Å². The van der Waals surface area contributed by atoms with Gasteiger partial charge in [-0.2, -0.15) is 0 Å². The molecule has 29 heavy (non-hydrogen) atoms. The van der Waals surface area contributed by atoms with Crippen LogP contribution in [0.5, 0.6) is 5.75 Å². The quantitative estimate of drug-likeness (QED) is 0.465. The summed E-state index contributed by atoms with van der Waals surface area (Å²) in [6.07, 6.45) is 0.648. The lowest BCUT2D eigenvalue weighted by molar-refractivity contribution is -0.134. The van der Waals surface area contributed by atoms with Crippen molar-refractivity contribution in [3.8, 4) is 5.75 Å². The van der Waals surface area contributed by atoms with E-state index in [1.165, 1.54) is 0 Å². The van der Waals surface area contributed by atoms with E-state index in [0.29, 0.717) is 17.3 Å². The molecule has 156 valence electrons. The molecule has 1 aliphatic heterocycles. The molecule has 0 aromatic heterocycles. The maximum absolute atomic E-state index is 12.9. The van der Waals surface area contributed by atoms with E-state index in [0.717, 1.165) is 30.8 Å². The van der Waals surface area contributed by atoms with Crippen molar-refractivity contribution >= 4 is 23.2 Å². The summed E-state index contributed by atoms with van der Waals surface area (Å²) in [5.74, 6) is 0.622. The number of hydrogen-bond donors (Lipinski definition) is 1. The Labute approximate surface area is 177 Å². The van der Waals surface area contributed by atoms with Crippen molar-refractivity contribution in [2.24, 2.45) is 0 Å². The Morgan fingerprint density at radius 1 is 1.14 bits per heavy atom. The number of β-lactam (4-membered cyclic amide) rings is 1. The standard InChI is InChI=1S/C23H29ClN2O3/c1-16(2)28-14-6-13-25-15-21-22(29-19-11-9-18(24)10-12-19)23(27)26(21)20-8-5-4-7-17(20)3/h4-5,7-12,16,21-22,25H,6,13-15H2,1-3H3/t21-,22-/m0/s1. The molecule has 0 bridgehead atoms. The first-order valence-corrected chi connectivity index (χ1v) is 10.5. The van der Waals surface area contributed by atoms with Crippen molar-refractivity contribution in [2.75, 3.05) is 24.6 Å². The minimum atomic E-state index is -0.518. The van der Waals surface area contributed by atoms with Crippen LogP contribution >= 0.6 is 11.6 Å². The van der Waals surface area contributed by atoms with Crippen molar-refractivity contribution in [3.63, 3.8) is 0 Å². The van der Waals surface area contributed by atoms with Crippen LogP contribution in [0.4, 0.5) is 5.69 Å². The van der Waals surface area contributed by atoms with Crippen molar-refractivity contribution in [2.45, 2.75) is 45.4 Å². The van der Waals surface area contributed by atoms with Crippen LogP contribution in [-0.4, -0.2) is 43.9 Å². The minimum absolute atomic E-state index is 0.0239. The average molecular weight is 417 g/mol. The number of benzene rings is 2. The summed E-state index contributed by atoms with van der Waals surface area (Å²) in [4.78, 5) is 14.8. The maximum atomic E-state index is 12.9. The van der Waals surface area contributed by atoms with Crippen LogP contribution in [0, 0.1) is 6.92 Å². The zero-order valence-electron chi connectivity index (χ0n) is 17.2. The molecule has 1 amide bonds. The molecule has 2 atom stereocenters. The lowest BCUT2D eigenvalue weighted by atomic mass is 9.95. The van der Waals surface area contributed by atoms with E-state index < -0.39 is 6.10 Å². The number of carbonyl (C=O) groups excluding carboxylic acids is 1. The fraction of sp³-hybridized carbons (Fsp3) is 0.435. The number of nitrogens with zero attached hydrogens (tertiary/aromatic N) is 1. The zero-order valence-corrected chi connectivity index (χ0v) is 18.0. The van der Waals surface area contributed by atoms with Crippen LogP contribution in [0.15, 0.2) is 48.5 Å².